The predicted molar refractivity (Wildman–Crippen MR) is 108 cm³/mol. The molecule has 2 amide bonds. The average Bonchev–Trinajstić information content (AvgIpc) is 3.34. The van der Waals surface area contributed by atoms with Crippen LogP contribution in [0.3, 0.4) is 0 Å². The topological polar surface area (TPSA) is 86.8 Å². The minimum Gasteiger partial charge on any atom is -0.493 e. The third-order valence-corrected chi connectivity index (χ3v) is 5.57. The molecule has 2 aliphatic heterocycles. The van der Waals surface area contributed by atoms with Crippen LogP contribution in [0.15, 0.2) is 42.6 Å². The fourth-order valence-corrected chi connectivity index (χ4v) is 3.85. The zero-order valence-corrected chi connectivity index (χ0v) is 16.5. The molecule has 29 heavy (non-hydrogen) atoms. The summed E-state index contributed by atoms with van der Waals surface area (Å²) in [7, 11) is 0. The van der Waals surface area contributed by atoms with Crippen molar-refractivity contribution in [2.45, 2.75) is 30.8 Å². The van der Waals surface area contributed by atoms with Gasteiger partial charge in [0.2, 0.25) is 5.91 Å². The maximum absolute atomic E-state index is 11.7. The van der Waals surface area contributed by atoms with Crippen molar-refractivity contribution in [3.05, 3.63) is 59.4 Å². The van der Waals surface area contributed by atoms with Crippen LogP contribution in [-0.2, 0) is 32.8 Å². The highest BCUT2D eigenvalue weighted by Crippen LogP contribution is 2.30. The number of hydrogen-bond donors (Lipinski definition) is 1. The Hall–Kier alpha value is -2.42. The Balaban J connectivity index is 1.44. The van der Waals surface area contributed by atoms with Gasteiger partial charge in [-0.25, -0.2) is 0 Å². The summed E-state index contributed by atoms with van der Waals surface area (Å²) in [6, 6.07) is 9.27. The Morgan fingerprint density at radius 3 is 2.62 bits per heavy atom. The molecule has 3 heterocycles. The molecule has 1 atom stereocenters. The Labute approximate surface area is 178 Å². The van der Waals surface area contributed by atoms with E-state index in [0.29, 0.717) is 25.2 Å². The molecule has 0 aliphatic carbocycles. The lowest BCUT2D eigenvalue weighted by molar-refractivity contribution is -0.150. The number of carbonyl (C=O) groups excluding carboxylic acids is 2. The van der Waals surface area contributed by atoms with Gasteiger partial charge in [0, 0.05) is 26.6 Å². The molecular weight excluding hydrogens is 392 g/mol. The normalized spacial score (nSPS) is 23.7. The van der Waals surface area contributed by atoms with E-state index >= 15 is 0 Å². The monoisotopic (exact) mass is 418 g/mol. The van der Waals surface area contributed by atoms with E-state index in [1.165, 1.54) is 24.4 Å². The second kappa shape index (κ2) is 8.52. The van der Waals surface area contributed by atoms with Gasteiger partial charge in [0.1, 0.15) is 5.75 Å². The molecule has 1 unspecified atom stereocenters. The first kappa shape index (κ1) is 15.4. The van der Waals surface area contributed by atoms with Crippen LogP contribution in [0.2, 0.25) is 0 Å². The highest BCUT2D eigenvalue weighted by atomic mass is 32.2. The number of aryl methyl sites for hydroxylation is 1. The number of ether oxygens (including phenoxy) is 3. The van der Waals surface area contributed by atoms with Crippen molar-refractivity contribution in [3.63, 3.8) is 0 Å². The Bertz CT molecular complexity index is 1040. The number of benzene rings is 1. The molecule has 2 fully saturated rings. The Morgan fingerprint density at radius 1 is 1.24 bits per heavy atom. The highest BCUT2D eigenvalue weighted by molar-refractivity contribution is 8.15. The van der Waals surface area contributed by atoms with Crippen molar-refractivity contribution < 1.29 is 29.3 Å². The molecule has 0 bridgehead atoms. The minimum absolute atomic E-state index is 0.115. The molecule has 2 aromatic rings. The van der Waals surface area contributed by atoms with Gasteiger partial charge in [-0.15, -0.1) is 0 Å². The van der Waals surface area contributed by atoms with Crippen LogP contribution < -0.4 is 10.1 Å². The van der Waals surface area contributed by atoms with Gasteiger partial charge >= 0.3 is 0 Å². The second-order valence-electron chi connectivity index (χ2n) is 6.64. The maximum Gasteiger partial charge on any atom is 0.286 e. The zero-order chi connectivity index (χ0) is 23.9. The first-order chi connectivity index (χ1) is 15.5. The van der Waals surface area contributed by atoms with Crippen LogP contribution in [0, 0.1) is 0 Å². The van der Waals surface area contributed by atoms with Crippen LogP contribution in [0.4, 0.5) is 4.79 Å². The molecule has 0 spiro atoms. The first-order valence-corrected chi connectivity index (χ1v) is 9.92. The van der Waals surface area contributed by atoms with E-state index in [0.717, 1.165) is 17.3 Å². The lowest BCUT2D eigenvalue weighted by Gasteiger charge is -2.22. The SMILES string of the molecule is [2H]C([2H])(Oc1ccc(CC2SC(=O)NC2=O)cc1)C([2H])([2H])c1ccc(C2(C)OCCO2)cn1. The van der Waals surface area contributed by atoms with Gasteiger partial charge in [-0.2, -0.15) is 0 Å². The molecule has 2 saturated heterocycles. The number of rotatable bonds is 7. The largest absolute Gasteiger partial charge is 0.493 e. The number of amides is 2. The number of nitrogens with one attached hydrogen (secondary N) is 1. The molecule has 8 heteroatoms. The lowest BCUT2D eigenvalue weighted by Crippen LogP contribution is -2.25. The van der Waals surface area contributed by atoms with Crippen molar-refractivity contribution >= 4 is 22.9 Å². The van der Waals surface area contributed by atoms with Gasteiger partial charge in [-0.05, 0) is 37.1 Å². The molecule has 2 aliphatic rings. The summed E-state index contributed by atoms with van der Waals surface area (Å²) in [6.07, 6.45) is -0.828. The maximum atomic E-state index is 11.7. The smallest absolute Gasteiger partial charge is 0.286 e. The number of carbonyl (C=O) groups is 2. The van der Waals surface area contributed by atoms with Crippen LogP contribution in [0.25, 0.3) is 0 Å². The molecular formula is C21H22N2O5S. The van der Waals surface area contributed by atoms with Crippen molar-refractivity contribution in [1.29, 1.82) is 0 Å². The van der Waals surface area contributed by atoms with Gasteiger partial charge in [0.25, 0.3) is 5.24 Å². The van der Waals surface area contributed by atoms with E-state index in [1.54, 1.807) is 25.1 Å². The van der Waals surface area contributed by atoms with Crippen molar-refractivity contribution in [2.75, 3.05) is 19.8 Å². The third-order valence-electron chi connectivity index (χ3n) is 4.59. The fraction of sp³-hybridized carbons (Fsp3) is 0.381. The van der Waals surface area contributed by atoms with E-state index in [9.17, 15) is 9.59 Å². The highest BCUT2D eigenvalue weighted by Gasteiger charge is 2.33. The molecule has 0 saturated carbocycles. The lowest BCUT2D eigenvalue weighted by atomic mass is 10.1. The number of aromatic nitrogens is 1. The minimum atomic E-state index is -2.74. The van der Waals surface area contributed by atoms with Gasteiger partial charge in [0.05, 0.1) is 27.8 Å². The Kier molecular flexibility index (Phi) is 4.53. The molecule has 1 aromatic carbocycles. The van der Waals surface area contributed by atoms with Gasteiger partial charge < -0.3 is 14.2 Å². The van der Waals surface area contributed by atoms with Crippen LogP contribution >= 0.6 is 11.8 Å². The summed E-state index contributed by atoms with van der Waals surface area (Å²) in [5.41, 5.74) is 1.23. The summed E-state index contributed by atoms with van der Waals surface area (Å²) >= 11 is 0.929. The molecule has 7 nitrogen and oxygen atoms in total. The average molecular weight is 419 g/mol. The van der Waals surface area contributed by atoms with E-state index in [4.69, 9.17) is 19.7 Å². The fourth-order valence-electron chi connectivity index (χ4n) is 2.99. The van der Waals surface area contributed by atoms with Gasteiger partial charge in [0.15, 0.2) is 5.79 Å². The number of thioether (sulfide) groups is 1. The summed E-state index contributed by atoms with van der Waals surface area (Å²) < 4.78 is 49.6. The van der Waals surface area contributed by atoms with E-state index in [2.05, 4.69) is 10.3 Å². The molecule has 0 radical (unpaired) electrons. The first-order valence-electron chi connectivity index (χ1n) is 11.0. The molecule has 152 valence electrons. The number of nitrogens with zero attached hydrogens (tertiary/aromatic N) is 1. The number of imide groups is 1. The van der Waals surface area contributed by atoms with Crippen molar-refractivity contribution in [3.8, 4) is 5.75 Å². The quantitative estimate of drug-likeness (QED) is 0.740. The van der Waals surface area contributed by atoms with Gasteiger partial charge in [-0.1, -0.05) is 30.0 Å². The Morgan fingerprint density at radius 2 is 2.00 bits per heavy atom. The van der Waals surface area contributed by atoms with E-state index < -0.39 is 24.0 Å². The molecule has 1 N–H and O–H groups in total. The van der Waals surface area contributed by atoms with Crippen molar-refractivity contribution in [1.82, 2.24) is 10.3 Å². The second-order valence-corrected chi connectivity index (χ2v) is 7.81. The summed E-state index contributed by atoms with van der Waals surface area (Å²) in [5.74, 6) is -1.18. The summed E-state index contributed by atoms with van der Waals surface area (Å²) in [4.78, 5) is 27.1. The van der Waals surface area contributed by atoms with E-state index in [-0.39, 0.29) is 22.6 Å². The number of pyridine rings is 1. The molecule has 1 aromatic heterocycles. The summed E-state index contributed by atoms with van der Waals surface area (Å²) in [6.45, 7) is -0.105. The van der Waals surface area contributed by atoms with Crippen LogP contribution in [-0.4, -0.2) is 41.2 Å². The van der Waals surface area contributed by atoms with Crippen LogP contribution in [0.1, 0.15) is 29.2 Å². The summed E-state index contributed by atoms with van der Waals surface area (Å²) in [5, 5.41) is 1.34. The van der Waals surface area contributed by atoms with Crippen molar-refractivity contribution in [2.24, 2.45) is 0 Å². The predicted octanol–water partition coefficient (Wildman–Crippen LogP) is 2.82. The van der Waals surface area contributed by atoms with Gasteiger partial charge in [-0.3, -0.25) is 19.9 Å². The van der Waals surface area contributed by atoms with E-state index in [1.807, 2.05) is 0 Å². The standard InChI is InChI=1S/C21H22N2O5S/c1-21(27-10-11-28-21)15-4-5-16(22-13-15)8-9-26-17-6-2-14(3-7-17)12-18-19(24)23-20(25)29-18/h2-7,13,18H,8-12H2,1H3,(H,23,24,25)/i8D2,9D2. The zero-order valence-electron chi connectivity index (χ0n) is 19.6. The molecule has 4 rings (SSSR count). The van der Waals surface area contributed by atoms with Crippen LogP contribution in [0.5, 0.6) is 5.75 Å². The third kappa shape index (κ3) is 4.77. The number of hydrogen-bond acceptors (Lipinski definition) is 7.